The molecule has 2 atom stereocenters. The van der Waals surface area contributed by atoms with E-state index in [1.54, 1.807) is 0 Å². The average molecular weight is 260 g/mol. The van der Waals surface area contributed by atoms with Crippen molar-refractivity contribution in [1.82, 2.24) is 0 Å². The van der Waals surface area contributed by atoms with Crippen LogP contribution in [0.25, 0.3) is 0 Å². The molecule has 2 nitrogen and oxygen atoms in total. The summed E-state index contributed by atoms with van der Waals surface area (Å²) in [7, 11) is 0. The first-order valence-corrected chi connectivity index (χ1v) is 7.55. The van der Waals surface area contributed by atoms with E-state index in [9.17, 15) is 5.11 Å². The van der Waals surface area contributed by atoms with Crippen molar-refractivity contribution in [2.45, 2.75) is 69.7 Å². The monoisotopic (exact) mass is 260 g/mol. The van der Waals surface area contributed by atoms with Gasteiger partial charge in [-0.2, -0.15) is 0 Å². The average Bonchev–Trinajstić information content (AvgIpc) is 2.25. The Bertz CT molecular complexity index is 423. The molecule has 0 bridgehead atoms. The second kappa shape index (κ2) is 4.92. The molecule has 1 aliphatic carbocycles. The Morgan fingerprint density at radius 3 is 2.11 bits per heavy atom. The fraction of sp³-hybridized carbons (Fsp3) is 0.647. The molecule has 2 fully saturated rings. The molecule has 1 aliphatic heterocycles. The van der Waals surface area contributed by atoms with E-state index in [4.69, 9.17) is 4.74 Å². The minimum atomic E-state index is -0.713. The van der Waals surface area contributed by atoms with Gasteiger partial charge in [-0.15, -0.1) is 0 Å². The van der Waals surface area contributed by atoms with Crippen LogP contribution in [-0.4, -0.2) is 17.3 Å². The van der Waals surface area contributed by atoms with E-state index >= 15 is 0 Å². The Hall–Kier alpha value is -0.860. The molecular formula is C17H24O2. The number of rotatable bonds is 2. The molecule has 1 saturated heterocycles. The fourth-order valence-corrected chi connectivity index (χ4v) is 3.57. The third-order valence-corrected chi connectivity index (χ3v) is 4.74. The molecule has 1 N–H and O–H groups in total. The topological polar surface area (TPSA) is 29.5 Å². The molecule has 0 radical (unpaired) electrons. The smallest absolute Gasteiger partial charge is 0.0945 e. The van der Waals surface area contributed by atoms with Crippen LogP contribution in [0.15, 0.2) is 24.3 Å². The van der Waals surface area contributed by atoms with Crippen LogP contribution in [0.3, 0.4) is 0 Å². The largest absolute Gasteiger partial charge is 0.385 e. The molecule has 0 aromatic heterocycles. The van der Waals surface area contributed by atoms with Crippen LogP contribution in [0, 0.1) is 0 Å². The maximum Gasteiger partial charge on any atom is 0.0945 e. The van der Waals surface area contributed by atoms with E-state index in [0.29, 0.717) is 12.8 Å². The van der Waals surface area contributed by atoms with Crippen LogP contribution < -0.4 is 0 Å². The minimum absolute atomic E-state index is 0.125. The summed E-state index contributed by atoms with van der Waals surface area (Å²) in [5.74, 6) is 0.760. The van der Waals surface area contributed by atoms with Crippen molar-refractivity contribution in [1.29, 1.82) is 0 Å². The summed E-state index contributed by atoms with van der Waals surface area (Å²) in [6.07, 6.45) is 5.65. The first-order chi connectivity index (χ1) is 9.07. The molecule has 0 spiro atoms. The quantitative estimate of drug-likeness (QED) is 0.878. The molecule has 1 aromatic rings. The van der Waals surface area contributed by atoms with Gasteiger partial charge >= 0.3 is 0 Å². The Balaban J connectivity index is 1.80. The van der Waals surface area contributed by atoms with Gasteiger partial charge in [0.15, 0.2) is 0 Å². The number of benzene rings is 1. The van der Waals surface area contributed by atoms with Crippen LogP contribution in [-0.2, 0) is 10.3 Å². The van der Waals surface area contributed by atoms with Crippen LogP contribution in [0.1, 0.15) is 63.0 Å². The van der Waals surface area contributed by atoms with Gasteiger partial charge in [0.2, 0.25) is 0 Å². The standard InChI is InChI=1S/C17H24O2/c1-12-10-17(18,11-13(2)19-12)16-8-6-15(7-9-16)14-4-3-5-14/h6-9,12-14,18H,3-5,10-11H2,1-2H3. The van der Waals surface area contributed by atoms with Crippen LogP contribution in [0.5, 0.6) is 0 Å². The van der Waals surface area contributed by atoms with Crippen molar-refractivity contribution in [3.63, 3.8) is 0 Å². The highest BCUT2D eigenvalue weighted by atomic mass is 16.5. The maximum absolute atomic E-state index is 10.9. The first-order valence-electron chi connectivity index (χ1n) is 7.55. The second-order valence-electron chi connectivity index (χ2n) is 6.45. The third kappa shape index (κ3) is 2.56. The lowest BCUT2D eigenvalue weighted by molar-refractivity contribution is -0.135. The van der Waals surface area contributed by atoms with Gasteiger partial charge in [-0.1, -0.05) is 30.7 Å². The number of hydrogen-bond acceptors (Lipinski definition) is 2. The fourth-order valence-electron chi connectivity index (χ4n) is 3.57. The summed E-state index contributed by atoms with van der Waals surface area (Å²) in [5, 5.41) is 10.9. The van der Waals surface area contributed by atoms with Gasteiger partial charge in [-0.25, -0.2) is 0 Å². The summed E-state index contributed by atoms with van der Waals surface area (Å²) in [4.78, 5) is 0. The van der Waals surface area contributed by atoms with Gasteiger partial charge in [0, 0.05) is 12.8 Å². The lowest BCUT2D eigenvalue weighted by atomic mass is 9.77. The highest BCUT2D eigenvalue weighted by Crippen LogP contribution is 2.40. The number of aliphatic hydroxyl groups is 1. The molecule has 1 saturated carbocycles. The van der Waals surface area contributed by atoms with Crippen LogP contribution >= 0.6 is 0 Å². The van der Waals surface area contributed by atoms with Crippen molar-refractivity contribution in [3.8, 4) is 0 Å². The van der Waals surface area contributed by atoms with Crippen molar-refractivity contribution >= 4 is 0 Å². The third-order valence-electron chi connectivity index (χ3n) is 4.74. The van der Waals surface area contributed by atoms with Gasteiger partial charge in [-0.05, 0) is 43.7 Å². The van der Waals surface area contributed by atoms with Gasteiger partial charge in [0.1, 0.15) is 0 Å². The summed E-state index contributed by atoms with van der Waals surface area (Å²) >= 11 is 0. The molecule has 1 aromatic carbocycles. The highest BCUT2D eigenvalue weighted by molar-refractivity contribution is 5.30. The molecular weight excluding hydrogens is 236 g/mol. The number of ether oxygens (including phenoxy) is 1. The molecule has 19 heavy (non-hydrogen) atoms. The lowest BCUT2D eigenvalue weighted by Crippen LogP contribution is -2.41. The van der Waals surface area contributed by atoms with Crippen LogP contribution in [0.4, 0.5) is 0 Å². The van der Waals surface area contributed by atoms with Gasteiger partial charge in [-0.3, -0.25) is 0 Å². The minimum Gasteiger partial charge on any atom is -0.385 e. The van der Waals surface area contributed by atoms with E-state index in [0.717, 1.165) is 11.5 Å². The predicted octanol–water partition coefficient (Wildman–Crippen LogP) is 3.73. The molecule has 104 valence electrons. The molecule has 2 aliphatic rings. The Labute approximate surface area is 115 Å². The molecule has 2 unspecified atom stereocenters. The first kappa shape index (κ1) is 13.1. The Morgan fingerprint density at radius 1 is 1.05 bits per heavy atom. The van der Waals surface area contributed by atoms with Crippen molar-refractivity contribution in [3.05, 3.63) is 35.4 Å². The van der Waals surface area contributed by atoms with Crippen molar-refractivity contribution < 1.29 is 9.84 Å². The number of hydrogen-bond donors (Lipinski definition) is 1. The summed E-state index contributed by atoms with van der Waals surface area (Å²) in [6, 6.07) is 8.67. The van der Waals surface area contributed by atoms with E-state index < -0.39 is 5.60 Å². The Morgan fingerprint density at radius 2 is 1.63 bits per heavy atom. The zero-order valence-corrected chi connectivity index (χ0v) is 11.9. The summed E-state index contributed by atoms with van der Waals surface area (Å²) < 4.78 is 5.73. The lowest BCUT2D eigenvalue weighted by Gasteiger charge is -2.39. The zero-order chi connectivity index (χ0) is 13.5. The summed E-state index contributed by atoms with van der Waals surface area (Å²) in [5.41, 5.74) is 1.78. The van der Waals surface area contributed by atoms with Gasteiger partial charge < -0.3 is 9.84 Å². The van der Waals surface area contributed by atoms with E-state index in [-0.39, 0.29) is 12.2 Å². The van der Waals surface area contributed by atoms with Crippen molar-refractivity contribution in [2.75, 3.05) is 0 Å². The SMILES string of the molecule is CC1CC(O)(c2ccc(C3CCC3)cc2)CC(C)O1. The van der Waals surface area contributed by atoms with E-state index in [1.165, 1.54) is 24.8 Å². The van der Waals surface area contributed by atoms with Gasteiger partial charge in [0.25, 0.3) is 0 Å². The molecule has 3 rings (SSSR count). The van der Waals surface area contributed by atoms with Crippen molar-refractivity contribution in [2.24, 2.45) is 0 Å². The van der Waals surface area contributed by atoms with Crippen LogP contribution in [0.2, 0.25) is 0 Å². The normalized spacial score (nSPS) is 35.9. The molecule has 0 amide bonds. The Kier molecular flexibility index (Phi) is 3.40. The highest BCUT2D eigenvalue weighted by Gasteiger charge is 2.38. The van der Waals surface area contributed by atoms with E-state index in [1.807, 2.05) is 13.8 Å². The van der Waals surface area contributed by atoms with E-state index in [2.05, 4.69) is 24.3 Å². The maximum atomic E-state index is 10.9. The van der Waals surface area contributed by atoms with Gasteiger partial charge in [0.05, 0.1) is 17.8 Å². The molecule has 2 heteroatoms. The summed E-state index contributed by atoms with van der Waals surface area (Å²) in [6.45, 7) is 4.09. The zero-order valence-electron chi connectivity index (χ0n) is 11.9. The predicted molar refractivity (Wildman–Crippen MR) is 76.2 cm³/mol. The molecule has 1 heterocycles. The second-order valence-corrected chi connectivity index (χ2v) is 6.45.